The number of rotatable bonds is 3. The summed E-state index contributed by atoms with van der Waals surface area (Å²) >= 11 is 6.51. The van der Waals surface area contributed by atoms with E-state index >= 15 is 0 Å². The van der Waals surface area contributed by atoms with Gasteiger partial charge >= 0.3 is 0 Å². The summed E-state index contributed by atoms with van der Waals surface area (Å²) in [6, 6.07) is 11.7. The second-order valence-corrected chi connectivity index (χ2v) is 7.95. The van der Waals surface area contributed by atoms with Crippen LogP contribution in [0.15, 0.2) is 56.3 Å². The van der Waals surface area contributed by atoms with Crippen LogP contribution in [-0.4, -0.2) is 8.42 Å². The predicted molar refractivity (Wildman–Crippen MR) is 81.4 cm³/mol. The molecule has 2 aromatic carbocycles. The van der Waals surface area contributed by atoms with Gasteiger partial charge in [-0.05, 0) is 42.5 Å². The molecule has 100 valence electrons. The molecule has 0 radical (unpaired) electrons. The van der Waals surface area contributed by atoms with Gasteiger partial charge in [-0.3, -0.25) is 0 Å². The van der Waals surface area contributed by atoms with E-state index in [0.717, 1.165) is 4.47 Å². The summed E-state index contributed by atoms with van der Waals surface area (Å²) in [5, 5.41) is 0. The highest BCUT2D eigenvalue weighted by Gasteiger charge is 2.18. The lowest BCUT2D eigenvalue weighted by molar-refractivity contribution is 0.468. The van der Waals surface area contributed by atoms with Gasteiger partial charge in [-0.25, -0.2) is 8.42 Å². The maximum absolute atomic E-state index is 11.5. The van der Waals surface area contributed by atoms with Crippen LogP contribution in [0, 0.1) is 0 Å². The Bertz CT molecular complexity index is 699. The first-order chi connectivity index (χ1) is 8.86. The highest BCUT2D eigenvalue weighted by Crippen LogP contribution is 2.33. The first kappa shape index (κ1) is 14.8. The zero-order chi connectivity index (χ0) is 14.0. The predicted octanol–water partition coefficient (Wildman–Crippen LogP) is 4.93. The summed E-state index contributed by atoms with van der Waals surface area (Å²) < 4.78 is 30.1. The molecule has 0 aliphatic heterocycles. The van der Waals surface area contributed by atoms with Crippen molar-refractivity contribution in [2.24, 2.45) is 0 Å². The summed E-state index contributed by atoms with van der Waals surface area (Å²) in [6.07, 6.45) is 0. The van der Waals surface area contributed by atoms with Crippen molar-refractivity contribution >= 4 is 51.6 Å². The van der Waals surface area contributed by atoms with Gasteiger partial charge in [0.25, 0.3) is 9.05 Å². The lowest BCUT2D eigenvalue weighted by Gasteiger charge is -2.09. The summed E-state index contributed by atoms with van der Waals surface area (Å²) in [6.45, 7) is 0. The second kappa shape index (κ2) is 5.83. The summed E-state index contributed by atoms with van der Waals surface area (Å²) in [5.41, 5.74) is 0. The third-order valence-electron chi connectivity index (χ3n) is 2.21. The number of halogens is 3. The second-order valence-electron chi connectivity index (χ2n) is 3.58. The fourth-order valence-corrected chi connectivity index (χ4v) is 3.14. The fraction of sp³-hybridized carbons (Fsp3) is 0. The molecule has 0 aromatic heterocycles. The van der Waals surface area contributed by atoms with E-state index in [-0.39, 0.29) is 10.6 Å². The molecule has 0 fully saturated rings. The Morgan fingerprint density at radius 2 is 1.53 bits per heavy atom. The Morgan fingerprint density at radius 1 is 0.947 bits per heavy atom. The van der Waals surface area contributed by atoms with E-state index in [2.05, 4.69) is 31.9 Å². The Kier molecular flexibility index (Phi) is 4.55. The fourth-order valence-electron chi connectivity index (χ4n) is 1.39. The molecule has 0 saturated heterocycles. The highest BCUT2D eigenvalue weighted by atomic mass is 79.9. The zero-order valence-corrected chi connectivity index (χ0v) is 14.1. The van der Waals surface area contributed by atoms with Crippen molar-refractivity contribution in [1.29, 1.82) is 0 Å². The smallest absolute Gasteiger partial charge is 0.265 e. The summed E-state index contributed by atoms with van der Waals surface area (Å²) in [4.78, 5) is -0.0774. The van der Waals surface area contributed by atoms with Crippen LogP contribution in [0.25, 0.3) is 0 Å². The lowest BCUT2D eigenvalue weighted by Crippen LogP contribution is -1.96. The number of benzene rings is 2. The first-order valence-corrected chi connectivity index (χ1v) is 8.93. The van der Waals surface area contributed by atoms with Gasteiger partial charge in [0, 0.05) is 19.6 Å². The Hall–Kier alpha value is -0.560. The van der Waals surface area contributed by atoms with Crippen molar-refractivity contribution in [3.05, 3.63) is 51.4 Å². The topological polar surface area (TPSA) is 43.4 Å². The molecule has 0 amide bonds. The van der Waals surface area contributed by atoms with Gasteiger partial charge in [-0.1, -0.05) is 31.9 Å². The van der Waals surface area contributed by atoms with Crippen molar-refractivity contribution in [2.75, 3.05) is 0 Å². The average Bonchev–Trinajstić information content (AvgIpc) is 2.33. The van der Waals surface area contributed by atoms with Crippen LogP contribution >= 0.6 is 42.5 Å². The van der Waals surface area contributed by atoms with Gasteiger partial charge in [0.05, 0.1) is 0 Å². The molecule has 2 rings (SSSR count). The average molecular weight is 427 g/mol. The lowest BCUT2D eigenvalue weighted by atomic mass is 10.3. The third-order valence-corrected chi connectivity index (χ3v) is 4.57. The van der Waals surface area contributed by atoms with E-state index in [0.29, 0.717) is 10.2 Å². The number of hydrogen-bond acceptors (Lipinski definition) is 3. The van der Waals surface area contributed by atoms with Gasteiger partial charge in [0.1, 0.15) is 16.4 Å². The van der Waals surface area contributed by atoms with Crippen molar-refractivity contribution in [2.45, 2.75) is 4.90 Å². The van der Waals surface area contributed by atoms with E-state index in [1.54, 1.807) is 36.4 Å². The van der Waals surface area contributed by atoms with Crippen LogP contribution < -0.4 is 4.74 Å². The van der Waals surface area contributed by atoms with Crippen LogP contribution in [0.3, 0.4) is 0 Å². The molecule has 0 N–H and O–H groups in total. The summed E-state index contributed by atoms with van der Waals surface area (Å²) in [7, 11) is 1.51. The molecule has 0 saturated carbocycles. The molecule has 0 heterocycles. The van der Waals surface area contributed by atoms with E-state index in [4.69, 9.17) is 15.4 Å². The van der Waals surface area contributed by atoms with Gasteiger partial charge < -0.3 is 4.74 Å². The standard InChI is InChI=1S/C12H7Br2ClO3S/c13-8-1-4-10(5-2-8)18-11-6-3-9(14)7-12(11)19(15,16)17/h1-7H. The maximum atomic E-state index is 11.5. The molecule has 19 heavy (non-hydrogen) atoms. The summed E-state index contributed by atoms with van der Waals surface area (Å²) in [5.74, 6) is 0.701. The SMILES string of the molecule is O=S(=O)(Cl)c1cc(Br)ccc1Oc1ccc(Br)cc1. The van der Waals surface area contributed by atoms with Crippen LogP contribution in [0.5, 0.6) is 11.5 Å². The molecule has 0 spiro atoms. The van der Waals surface area contributed by atoms with E-state index in [1.807, 2.05) is 0 Å². The maximum Gasteiger partial charge on any atom is 0.265 e. The van der Waals surface area contributed by atoms with Crippen molar-refractivity contribution in [3.8, 4) is 11.5 Å². The molecule has 3 nitrogen and oxygen atoms in total. The molecule has 0 bridgehead atoms. The molecule has 0 atom stereocenters. The largest absolute Gasteiger partial charge is 0.456 e. The van der Waals surface area contributed by atoms with Crippen molar-refractivity contribution in [3.63, 3.8) is 0 Å². The number of hydrogen-bond donors (Lipinski definition) is 0. The highest BCUT2D eigenvalue weighted by molar-refractivity contribution is 9.10. The van der Waals surface area contributed by atoms with Gasteiger partial charge in [-0.15, -0.1) is 0 Å². The Morgan fingerprint density at radius 3 is 2.11 bits per heavy atom. The van der Waals surface area contributed by atoms with E-state index < -0.39 is 9.05 Å². The Labute approximate surface area is 132 Å². The van der Waals surface area contributed by atoms with Crippen LogP contribution in [0.1, 0.15) is 0 Å². The molecular weight excluding hydrogens is 419 g/mol. The minimum absolute atomic E-state index is 0.0774. The minimum Gasteiger partial charge on any atom is -0.456 e. The molecule has 0 unspecified atom stereocenters. The molecular formula is C12H7Br2ClO3S. The Balaban J connectivity index is 2.43. The zero-order valence-electron chi connectivity index (χ0n) is 9.31. The van der Waals surface area contributed by atoms with Crippen LogP contribution in [-0.2, 0) is 9.05 Å². The molecule has 7 heteroatoms. The van der Waals surface area contributed by atoms with Crippen LogP contribution in [0.2, 0.25) is 0 Å². The first-order valence-electron chi connectivity index (χ1n) is 5.04. The van der Waals surface area contributed by atoms with Crippen molar-refractivity contribution < 1.29 is 13.2 Å². The number of ether oxygens (including phenoxy) is 1. The monoisotopic (exact) mass is 424 g/mol. The van der Waals surface area contributed by atoms with Gasteiger partial charge in [0.2, 0.25) is 0 Å². The minimum atomic E-state index is -3.88. The quantitative estimate of drug-likeness (QED) is 0.654. The van der Waals surface area contributed by atoms with Crippen molar-refractivity contribution in [1.82, 2.24) is 0 Å². The molecule has 0 aliphatic rings. The van der Waals surface area contributed by atoms with E-state index in [1.165, 1.54) is 6.07 Å². The van der Waals surface area contributed by atoms with Gasteiger partial charge in [0.15, 0.2) is 0 Å². The normalized spacial score (nSPS) is 11.3. The van der Waals surface area contributed by atoms with Gasteiger partial charge in [-0.2, -0.15) is 0 Å². The molecule has 0 aliphatic carbocycles. The van der Waals surface area contributed by atoms with Crippen LogP contribution in [0.4, 0.5) is 0 Å². The molecule has 2 aromatic rings. The third kappa shape index (κ3) is 3.95. The van der Waals surface area contributed by atoms with E-state index in [9.17, 15) is 8.42 Å².